The molecule has 0 spiro atoms. The van der Waals surface area contributed by atoms with E-state index in [9.17, 15) is 4.79 Å². The van der Waals surface area contributed by atoms with Gasteiger partial charge in [-0.1, -0.05) is 41.9 Å². The molecule has 0 N–H and O–H groups in total. The van der Waals surface area contributed by atoms with E-state index < -0.39 is 0 Å². The van der Waals surface area contributed by atoms with E-state index >= 15 is 0 Å². The van der Waals surface area contributed by atoms with Gasteiger partial charge in [-0.2, -0.15) is 0 Å². The molecule has 0 atom stereocenters. The Bertz CT molecular complexity index is 520. The normalized spacial score (nSPS) is 10.2. The molecule has 0 amide bonds. The standard InChI is InChI=1S/C16H15ClO2/c17-15-10-8-14(9-11-15)16(18)19-12-4-7-13-5-2-1-3-6-13/h1-3,5-6,8-11H,4,7,12H2. The van der Waals surface area contributed by atoms with Crippen molar-refractivity contribution in [1.29, 1.82) is 0 Å². The molecular formula is C16H15ClO2. The average Bonchev–Trinajstić information content (AvgIpc) is 2.45. The number of benzene rings is 2. The van der Waals surface area contributed by atoms with E-state index in [-0.39, 0.29) is 5.97 Å². The van der Waals surface area contributed by atoms with Crippen LogP contribution in [-0.4, -0.2) is 12.6 Å². The highest BCUT2D eigenvalue weighted by Crippen LogP contribution is 2.10. The molecule has 19 heavy (non-hydrogen) atoms. The van der Waals surface area contributed by atoms with E-state index in [2.05, 4.69) is 12.1 Å². The van der Waals surface area contributed by atoms with Gasteiger partial charge in [0.1, 0.15) is 0 Å². The molecule has 0 saturated carbocycles. The first-order valence-electron chi connectivity index (χ1n) is 6.22. The van der Waals surface area contributed by atoms with Crippen LogP contribution in [0.4, 0.5) is 0 Å². The Kier molecular flexibility index (Phi) is 4.99. The van der Waals surface area contributed by atoms with Gasteiger partial charge in [0, 0.05) is 5.02 Å². The van der Waals surface area contributed by atoms with Crippen LogP contribution in [0.2, 0.25) is 5.02 Å². The van der Waals surface area contributed by atoms with Crippen molar-refractivity contribution in [2.45, 2.75) is 12.8 Å². The van der Waals surface area contributed by atoms with Crippen molar-refractivity contribution in [1.82, 2.24) is 0 Å². The summed E-state index contributed by atoms with van der Waals surface area (Å²) in [5, 5.41) is 0.612. The van der Waals surface area contributed by atoms with Gasteiger partial charge in [0.05, 0.1) is 12.2 Å². The smallest absolute Gasteiger partial charge is 0.338 e. The molecule has 2 aromatic rings. The first kappa shape index (κ1) is 13.6. The maximum Gasteiger partial charge on any atom is 0.338 e. The Labute approximate surface area is 118 Å². The summed E-state index contributed by atoms with van der Waals surface area (Å²) in [7, 11) is 0. The molecule has 0 aromatic heterocycles. The van der Waals surface area contributed by atoms with Gasteiger partial charge >= 0.3 is 5.97 Å². The van der Waals surface area contributed by atoms with Gasteiger partial charge < -0.3 is 4.74 Å². The predicted molar refractivity (Wildman–Crippen MR) is 76.5 cm³/mol. The van der Waals surface area contributed by atoms with Crippen molar-refractivity contribution in [3.63, 3.8) is 0 Å². The summed E-state index contributed by atoms with van der Waals surface area (Å²) in [6, 6.07) is 16.9. The van der Waals surface area contributed by atoms with Crippen molar-refractivity contribution in [2.24, 2.45) is 0 Å². The highest BCUT2D eigenvalue weighted by molar-refractivity contribution is 6.30. The van der Waals surface area contributed by atoms with E-state index in [1.54, 1.807) is 24.3 Å². The largest absolute Gasteiger partial charge is 0.462 e. The second kappa shape index (κ2) is 6.95. The number of carbonyl (C=O) groups excluding carboxylic acids is 1. The molecule has 98 valence electrons. The summed E-state index contributed by atoms with van der Waals surface area (Å²) in [6.07, 6.45) is 1.73. The van der Waals surface area contributed by atoms with Crippen LogP contribution in [0.1, 0.15) is 22.3 Å². The number of halogens is 1. The molecule has 2 rings (SSSR count). The highest BCUT2D eigenvalue weighted by Gasteiger charge is 2.06. The Hall–Kier alpha value is -1.80. The topological polar surface area (TPSA) is 26.3 Å². The lowest BCUT2D eigenvalue weighted by molar-refractivity contribution is 0.0500. The second-order valence-corrected chi connectivity index (χ2v) is 4.67. The van der Waals surface area contributed by atoms with Gasteiger partial charge in [-0.15, -0.1) is 0 Å². The molecule has 3 heteroatoms. The molecule has 2 aromatic carbocycles. The molecule has 0 aliphatic rings. The first-order chi connectivity index (χ1) is 9.25. The summed E-state index contributed by atoms with van der Waals surface area (Å²) in [5.41, 5.74) is 1.79. The van der Waals surface area contributed by atoms with Crippen LogP contribution in [0, 0.1) is 0 Å². The first-order valence-corrected chi connectivity index (χ1v) is 6.60. The van der Waals surface area contributed by atoms with Crippen LogP contribution in [0.3, 0.4) is 0 Å². The van der Waals surface area contributed by atoms with Crippen LogP contribution in [0.15, 0.2) is 54.6 Å². The van der Waals surface area contributed by atoms with Gasteiger partial charge in [-0.3, -0.25) is 0 Å². The van der Waals surface area contributed by atoms with Crippen molar-refractivity contribution in [3.05, 3.63) is 70.7 Å². The zero-order valence-electron chi connectivity index (χ0n) is 10.5. The Balaban J connectivity index is 1.74. The van der Waals surface area contributed by atoms with Crippen LogP contribution in [0.25, 0.3) is 0 Å². The number of ether oxygens (including phenoxy) is 1. The van der Waals surface area contributed by atoms with E-state index in [4.69, 9.17) is 16.3 Å². The third kappa shape index (κ3) is 4.42. The fraction of sp³-hybridized carbons (Fsp3) is 0.188. The molecule has 2 nitrogen and oxygen atoms in total. The molecule has 0 aliphatic carbocycles. The van der Waals surface area contributed by atoms with Crippen LogP contribution in [0.5, 0.6) is 0 Å². The Morgan fingerprint density at radius 3 is 2.37 bits per heavy atom. The minimum Gasteiger partial charge on any atom is -0.462 e. The average molecular weight is 275 g/mol. The zero-order chi connectivity index (χ0) is 13.5. The lowest BCUT2D eigenvalue weighted by atomic mass is 10.1. The quantitative estimate of drug-likeness (QED) is 0.605. The fourth-order valence-corrected chi connectivity index (χ4v) is 1.88. The number of carbonyl (C=O) groups is 1. The van der Waals surface area contributed by atoms with Crippen molar-refractivity contribution in [2.75, 3.05) is 6.61 Å². The molecule has 0 fully saturated rings. The maximum atomic E-state index is 11.7. The Morgan fingerprint density at radius 1 is 1.00 bits per heavy atom. The monoisotopic (exact) mass is 274 g/mol. The molecule has 0 unspecified atom stereocenters. The van der Waals surface area contributed by atoms with Crippen LogP contribution < -0.4 is 0 Å². The zero-order valence-corrected chi connectivity index (χ0v) is 11.3. The van der Waals surface area contributed by atoms with Crippen molar-refractivity contribution in [3.8, 4) is 0 Å². The minimum absolute atomic E-state index is 0.301. The van der Waals surface area contributed by atoms with Crippen molar-refractivity contribution < 1.29 is 9.53 Å². The number of aryl methyl sites for hydroxylation is 1. The lowest BCUT2D eigenvalue weighted by Crippen LogP contribution is -2.06. The van der Waals surface area contributed by atoms with E-state index in [1.807, 2.05) is 18.2 Å². The van der Waals surface area contributed by atoms with Gasteiger partial charge in [-0.05, 0) is 42.7 Å². The maximum absolute atomic E-state index is 11.7. The van der Waals surface area contributed by atoms with Gasteiger partial charge in [0.25, 0.3) is 0 Å². The third-order valence-electron chi connectivity index (χ3n) is 2.77. The molecule has 0 aliphatic heterocycles. The number of rotatable bonds is 5. The molecule has 0 heterocycles. The molecule has 0 radical (unpaired) electrons. The van der Waals surface area contributed by atoms with Crippen LogP contribution in [-0.2, 0) is 11.2 Å². The summed E-state index contributed by atoms with van der Waals surface area (Å²) in [4.78, 5) is 11.7. The van der Waals surface area contributed by atoms with Gasteiger partial charge in [0.2, 0.25) is 0 Å². The number of hydrogen-bond donors (Lipinski definition) is 0. The predicted octanol–water partition coefficient (Wildman–Crippen LogP) is 4.13. The van der Waals surface area contributed by atoms with Crippen LogP contribution >= 0.6 is 11.6 Å². The van der Waals surface area contributed by atoms with E-state index in [1.165, 1.54) is 5.56 Å². The summed E-state index contributed by atoms with van der Waals surface area (Å²) in [5.74, 6) is -0.301. The summed E-state index contributed by atoms with van der Waals surface area (Å²) in [6.45, 7) is 0.427. The number of esters is 1. The van der Waals surface area contributed by atoms with Gasteiger partial charge in [0.15, 0.2) is 0 Å². The second-order valence-electron chi connectivity index (χ2n) is 4.23. The van der Waals surface area contributed by atoms with E-state index in [0.717, 1.165) is 12.8 Å². The van der Waals surface area contributed by atoms with E-state index in [0.29, 0.717) is 17.2 Å². The van der Waals surface area contributed by atoms with Gasteiger partial charge in [-0.25, -0.2) is 4.79 Å². The molecular weight excluding hydrogens is 260 g/mol. The summed E-state index contributed by atoms with van der Waals surface area (Å²) >= 11 is 5.76. The minimum atomic E-state index is -0.301. The summed E-state index contributed by atoms with van der Waals surface area (Å²) < 4.78 is 5.21. The molecule has 0 bridgehead atoms. The third-order valence-corrected chi connectivity index (χ3v) is 3.02. The Morgan fingerprint density at radius 2 is 1.68 bits per heavy atom. The lowest BCUT2D eigenvalue weighted by Gasteiger charge is -2.05. The fourth-order valence-electron chi connectivity index (χ4n) is 1.76. The van der Waals surface area contributed by atoms with Crippen molar-refractivity contribution >= 4 is 17.6 Å². The number of hydrogen-bond acceptors (Lipinski definition) is 2. The SMILES string of the molecule is O=C(OCCCc1ccccc1)c1ccc(Cl)cc1. The highest BCUT2D eigenvalue weighted by atomic mass is 35.5. The molecule has 0 saturated heterocycles.